The number of carbonyl (C=O) groups excluding carboxylic acids is 2. The molecule has 0 aromatic carbocycles. The van der Waals surface area contributed by atoms with Crippen LogP contribution in [0.25, 0.3) is 0 Å². The van der Waals surface area contributed by atoms with Gasteiger partial charge in [-0.05, 0) is 12.8 Å². The van der Waals surface area contributed by atoms with E-state index in [9.17, 15) is 26.4 Å². The maximum absolute atomic E-state index is 12.2. The van der Waals surface area contributed by atoms with Crippen molar-refractivity contribution in [3.05, 3.63) is 36.2 Å². The van der Waals surface area contributed by atoms with Crippen molar-refractivity contribution >= 4 is 32.1 Å². The number of unbranched alkanes of at least 4 members (excludes halogenated alkanes) is 3. The van der Waals surface area contributed by atoms with E-state index >= 15 is 0 Å². The van der Waals surface area contributed by atoms with Crippen molar-refractivity contribution in [1.29, 1.82) is 0 Å². The molecule has 0 atom stereocenters. The molecule has 4 N–H and O–H groups in total. The molecule has 0 aliphatic heterocycles. The molecule has 4 amide bonds. The van der Waals surface area contributed by atoms with Gasteiger partial charge in [-0.15, -0.1) is 0 Å². The van der Waals surface area contributed by atoms with Gasteiger partial charge in [0.2, 0.25) is 0 Å². The maximum Gasteiger partial charge on any atom is 0.328 e. The Labute approximate surface area is 209 Å². The number of carbonyl (C=O) groups is 2. The van der Waals surface area contributed by atoms with E-state index in [0.29, 0.717) is 37.2 Å². The summed E-state index contributed by atoms with van der Waals surface area (Å²) >= 11 is 0. The summed E-state index contributed by atoms with van der Waals surface area (Å²) in [5.41, 5.74) is 0. The van der Waals surface area contributed by atoms with E-state index in [1.807, 2.05) is 9.44 Å². The van der Waals surface area contributed by atoms with Gasteiger partial charge in [0.1, 0.15) is 47.1 Å². The molecule has 0 unspecified atom stereocenters. The number of urea groups is 2. The van der Waals surface area contributed by atoms with Crippen molar-refractivity contribution in [1.82, 2.24) is 20.1 Å². The fraction of sp³-hybridized carbons (Fsp3) is 0.500. The number of hydrogen-bond acceptors (Lipinski definition) is 10. The van der Waals surface area contributed by atoms with Gasteiger partial charge in [-0.3, -0.25) is 0 Å². The molecule has 2 heterocycles. The van der Waals surface area contributed by atoms with Crippen LogP contribution in [0.2, 0.25) is 0 Å². The number of ether oxygens (including phenoxy) is 2. The van der Waals surface area contributed by atoms with Gasteiger partial charge < -0.3 is 28.9 Å². The minimum absolute atomic E-state index is 0.0996. The van der Waals surface area contributed by atoms with Crippen molar-refractivity contribution < 1.29 is 44.7 Å². The van der Waals surface area contributed by atoms with Gasteiger partial charge in [-0.25, -0.2) is 35.9 Å². The normalized spacial score (nSPS) is 11.7. The highest BCUT2D eigenvalue weighted by atomic mass is 32.2. The lowest BCUT2D eigenvalue weighted by molar-refractivity contribution is 0.164. The van der Waals surface area contributed by atoms with Crippen molar-refractivity contribution in [3.8, 4) is 0 Å². The molecule has 2 aromatic heterocycles. The lowest BCUT2D eigenvalue weighted by Gasteiger charge is -2.08. The summed E-state index contributed by atoms with van der Waals surface area (Å²) in [7, 11) is -5.25. The van der Waals surface area contributed by atoms with Crippen LogP contribution in [0.4, 0.5) is 9.59 Å². The molecule has 14 nitrogen and oxygen atoms in total. The van der Waals surface area contributed by atoms with Crippen LogP contribution in [-0.4, -0.2) is 56.2 Å². The van der Waals surface area contributed by atoms with Crippen molar-refractivity contribution in [2.45, 2.75) is 48.7 Å². The molecule has 0 bridgehead atoms. The predicted octanol–water partition coefficient (Wildman–Crippen LogP) is 1.40. The molecule has 0 fully saturated rings. The molecule has 0 radical (unpaired) electrons. The molecule has 0 saturated carbocycles. The zero-order valence-corrected chi connectivity index (χ0v) is 21.5. The van der Waals surface area contributed by atoms with Gasteiger partial charge in [-0.2, -0.15) is 0 Å². The predicted molar refractivity (Wildman–Crippen MR) is 125 cm³/mol. The summed E-state index contributed by atoms with van der Waals surface area (Å²) < 4.78 is 72.2. The number of sulfonamides is 2. The second kappa shape index (κ2) is 13.9. The average Bonchev–Trinajstić information content (AvgIpc) is 3.46. The smallest absolute Gasteiger partial charge is 0.328 e. The number of amides is 4. The fourth-order valence-corrected chi connectivity index (χ4v) is 4.67. The van der Waals surface area contributed by atoms with Gasteiger partial charge in [0.15, 0.2) is 0 Å². The van der Waals surface area contributed by atoms with Crippen LogP contribution in [0, 0.1) is 0 Å². The highest BCUT2D eigenvalue weighted by Crippen LogP contribution is 2.15. The summed E-state index contributed by atoms with van der Waals surface area (Å²) in [4.78, 5) is 23.3. The summed E-state index contributed by atoms with van der Waals surface area (Å²) in [6.45, 7) is 0.679. The number of furan rings is 2. The van der Waals surface area contributed by atoms with E-state index in [2.05, 4.69) is 10.6 Å². The first-order valence-electron chi connectivity index (χ1n) is 10.8. The lowest BCUT2D eigenvalue weighted by atomic mass is 10.2. The molecule has 0 spiro atoms. The molecule has 0 aliphatic carbocycles. The number of rotatable bonds is 15. The third-order valence-electron chi connectivity index (χ3n) is 4.58. The Morgan fingerprint density at radius 1 is 0.722 bits per heavy atom. The van der Waals surface area contributed by atoms with Crippen LogP contribution in [0.15, 0.2) is 43.3 Å². The highest BCUT2D eigenvalue weighted by molar-refractivity contribution is 7.90. The van der Waals surface area contributed by atoms with Gasteiger partial charge in [-0.1, -0.05) is 12.8 Å². The maximum atomic E-state index is 12.2. The Morgan fingerprint density at radius 2 is 1.11 bits per heavy atom. The van der Waals surface area contributed by atoms with Crippen LogP contribution in [0.5, 0.6) is 0 Å². The first kappa shape index (κ1) is 29.2. The van der Waals surface area contributed by atoms with Gasteiger partial charge in [0.05, 0.1) is 0 Å². The fourth-order valence-electron chi connectivity index (χ4n) is 2.88. The van der Waals surface area contributed by atoms with Gasteiger partial charge in [0.25, 0.3) is 20.0 Å². The van der Waals surface area contributed by atoms with E-state index in [4.69, 9.17) is 18.3 Å². The molecule has 2 aromatic rings. The Balaban J connectivity index is 1.57. The third kappa shape index (κ3) is 9.52. The van der Waals surface area contributed by atoms with E-state index < -0.39 is 32.1 Å². The van der Waals surface area contributed by atoms with Crippen LogP contribution in [0.1, 0.15) is 37.2 Å². The van der Waals surface area contributed by atoms with E-state index in [1.54, 1.807) is 0 Å². The minimum Gasteiger partial charge on any atom is -0.465 e. The summed E-state index contributed by atoms with van der Waals surface area (Å²) in [6.07, 6.45) is 4.56. The third-order valence-corrected chi connectivity index (χ3v) is 7.16. The van der Waals surface area contributed by atoms with Crippen LogP contribution >= 0.6 is 0 Å². The topological polar surface area (TPSA) is 195 Å². The molecule has 36 heavy (non-hydrogen) atoms. The molecule has 2 rings (SSSR count). The Kier molecular flexibility index (Phi) is 11.2. The van der Waals surface area contributed by atoms with Crippen LogP contribution in [0.3, 0.4) is 0 Å². The largest absolute Gasteiger partial charge is 0.465 e. The number of hydrogen-bond donors (Lipinski definition) is 4. The van der Waals surface area contributed by atoms with E-state index in [-0.39, 0.29) is 36.1 Å². The molecule has 0 saturated heterocycles. The van der Waals surface area contributed by atoms with Crippen molar-refractivity contribution in [3.63, 3.8) is 0 Å². The van der Waals surface area contributed by atoms with Crippen LogP contribution < -0.4 is 20.1 Å². The average molecular weight is 551 g/mol. The van der Waals surface area contributed by atoms with Gasteiger partial charge in [0, 0.05) is 39.4 Å². The molecule has 202 valence electrons. The van der Waals surface area contributed by atoms with E-state index in [0.717, 1.165) is 12.5 Å². The van der Waals surface area contributed by atoms with Crippen molar-refractivity contribution in [2.24, 2.45) is 0 Å². The monoisotopic (exact) mass is 550 g/mol. The summed E-state index contributed by atoms with van der Waals surface area (Å²) in [6, 6.07) is 0.796. The van der Waals surface area contributed by atoms with Crippen molar-refractivity contribution in [2.75, 3.05) is 27.3 Å². The molecule has 16 heteroatoms. The Hall–Kier alpha value is -3.08. The molecular formula is C20H30N4O10S2. The number of nitrogens with one attached hydrogen (secondary N) is 4. The first-order valence-corrected chi connectivity index (χ1v) is 13.8. The van der Waals surface area contributed by atoms with E-state index in [1.165, 1.54) is 26.4 Å². The quantitative estimate of drug-likeness (QED) is 0.235. The minimum atomic E-state index is -4.06. The zero-order chi connectivity index (χ0) is 26.6. The summed E-state index contributed by atoms with van der Waals surface area (Å²) in [5, 5.41) is 4.91. The lowest BCUT2D eigenvalue weighted by Crippen LogP contribution is -2.39. The highest BCUT2D eigenvalue weighted by Gasteiger charge is 2.21. The first-order chi connectivity index (χ1) is 17.1. The SMILES string of the molecule is COCc1cc(S(=O)(=O)NC(=O)NCCCCCCNC(=O)NS(=O)(=O)c2coc(COC)c2)co1. The Morgan fingerprint density at radius 3 is 1.47 bits per heavy atom. The summed E-state index contributed by atoms with van der Waals surface area (Å²) in [5.74, 6) is 0.614. The zero-order valence-electron chi connectivity index (χ0n) is 19.9. The standard InChI is InChI=1S/C20H30N4O10S2/c1-31-11-15-9-17(13-33-15)35(27,28)23-19(25)21-7-5-3-4-6-8-22-20(26)24-36(29,30)18-10-16(12-32-2)34-14-18/h9-10,13-14H,3-8,11-12H2,1-2H3,(H2,21,23,25)(H2,22,24,26). The molecular weight excluding hydrogens is 520 g/mol. The van der Waals surface area contributed by atoms with Crippen LogP contribution in [-0.2, 0) is 42.7 Å². The Bertz CT molecular complexity index is 1110. The molecule has 0 aliphatic rings. The second-order valence-electron chi connectivity index (χ2n) is 7.50. The second-order valence-corrected chi connectivity index (χ2v) is 10.9. The number of methoxy groups -OCH3 is 2. The van der Waals surface area contributed by atoms with Gasteiger partial charge >= 0.3 is 12.1 Å².